The summed E-state index contributed by atoms with van der Waals surface area (Å²) >= 11 is 0. The average Bonchev–Trinajstić information content (AvgIpc) is 2.78. The molecule has 0 aliphatic rings. The van der Waals surface area contributed by atoms with Gasteiger partial charge in [-0.3, -0.25) is 4.79 Å². The van der Waals surface area contributed by atoms with Gasteiger partial charge in [0.15, 0.2) is 0 Å². The summed E-state index contributed by atoms with van der Waals surface area (Å²) in [5.74, 6) is 0.588. The van der Waals surface area contributed by atoms with E-state index in [0.717, 1.165) is 16.5 Å². The fourth-order valence-electron chi connectivity index (χ4n) is 2.58. The molecular formula is C18H25NO2. The van der Waals surface area contributed by atoms with Crippen molar-refractivity contribution in [3.8, 4) is 0 Å². The Morgan fingerprint density at radius 1 is 1.24 bits per heavy atom. The molecule has 2 aromatic rings. The first-order valence-electron chi connectivity index (χ1n) is 7.57. The minimum atomic E-state index is 0.124. The molecule has 0 saturated heterocycles. The van der Waals surface area contributed by atoms with E-state index in [-0.39, 0.29) is 11.9 Å². The van der Waals surface area contributed by atoms with Gasteiger partial charge in [0.1, 0.15) is 5.58 Å². The molecule has 0 aliphatic carbocycles. The molecule has 0 saturated carbocycles. The molecule has 21 heavy (non-hydrogen) atoms. The van der Waals surface area contributed by atoms with Crippen LogP contribution in [0.1, 0.15) is 50.3 Å². The largest absolute Gasteiger partial charge is 0.464 e. The van der Waals surface area contributed by atoms with E-state index in [1.807, 2.05) is 20.9 Å². The number of fused-ring (bicyclic) bond motifs is 1. The highest BCUT2D eigenvalue weighted by atomic mass is 16.3. The van der Waals surface area contributed by atoms with Crippen molar-refractivity contribution < 1.29 is 9.21 Å². The second kappa shape index (κ2) is 5.92. The van der Waals surface area contributed by atoms with Crippen molar-refractivity contribution >= 4 is 16.9 Å². The number of amides is 1. The Labute approximate surface area is 126 Å². The summed E-state index contributed by atoms with van der Waals surface area (Å²) in [7, 11) is 1.85. The van der Waals surface area contributed by atoms with Crippen molar-refractivity contribution in [2.45, 2.75) is 53.0 Å². The lowest BCUT2D eigenvalue weighted by molar-refractivity contribution is -0.130. The number of carbonyl (C=O) groups is 1. The average molecular weight is 287 g/mol. The standard InChI is InChI=1S/C18H25NO2/c1-11(2)15-9-16-14(8-18(20)19(6)12(3)4)10-21-17(16)7-13(15)5/h7,9-12H,8H2,1-6H3. The van der Waals surface area contributed by atoms with Gasteiger partial charge < -0.3 is 9.32 Å². The molecule has 1 aromatic carbocycles. The predicted molar refractivity (Wildman–Crippen MR) is 86.7 cm³/mol. The van der Waals surface area contributed by atoms with Crippen molar-refractivity contribution in [2.75, 3.05) is 7.05 Å². The van der Waals surface area contributed by atoms with Crippen LogP contribution in [0.25, 0.3) is 11.0 Å². The van der Waals surface area contributed by atoms with Crippen LogP contribution in [0.2, 0.25) is 0 Å². The molecule has 1 amide bonds. The number of carbonyl (C=O) groups excluding carboxylic acids is 1. The molecule has 0 unspecified atom stereocenters. The van der Waals surface area contributed by atoms with Gasteiger partial charge >= 0.3 is 0 Å². The van der Waals surface area contributed by atoms with Crippen LogP contribution in [-0.2, 0) is 11.2 Å². The second-order valence-electron chi connectivity index (χ2n) is 6.40. The quantitative estimate of drug-likeness (QED) is 0.841. The minimum Gasteiger partial charge on any atom is -0.464 e. The van der Waals surface area contributed by atoms with Gasteiger partial charge in [0, 0.05) is 24.0 Å². The molecule has 0 radical (unpaired) electrons. The maximum atomic E-state index is 12.3. The molecule has 0 bridgehead atoms. The highest BCUT2D eigenvalue weighted by molar-refractivity contribution is 5.88. The summed E-state index contributed by atoms with van der Waals surface area (Å²) in [4.78, 5) is 14.0. The third kappa shape index (κ3) is 3.12. The number of hydrogen-bond acceptors (Lipinski definition) is 2. The summed E-state index contributed by atoms with van der Waals surface area (Å²) in [5, 5.41) is 1.06. The predicted octanol–water partition coefficient (Wildman–Crippen LogP) is 4.27. The van der Waals surface area contributed by atoms with E-state index in [1.54, 1.807) is 11.2 Å². The molecule has 1 heterocycles. The SMILES string of the molecule is Cc1cc2occ(CC(=O)N(C)C(C)C)c2cc1C(C)C. The Morgan fingerprint density at radius 3 is 2.48 bits per heavy atom. The summed E-state index contributed by atoms with van der Waals surface area (Å²) in [6.07, 6.45) is 2.11. The maximum Gasteiger partial charge on any atom is 0.227 e. The van der Waals surface area contributed by atoms with Crippen LogP contribution in [0.5, 0.6) is 0 Å². The minimum absolute atomic E-state index is 0.124. The van der Waals surface area contributed by atoms with E-state index < -0.39 is 0 Å². The number of aryl methyl sites for hydroxylation is 1. The summed E-state index contributed by atoms with van der Waals surface area (Å²) < 4.78 is 5.63. The highest BCUT2D eigenvalue weighted by Gasteiger charge is 2.17. The third-order valence-electron chi connectivity index (χ3n) is 4.17. The zero-order valence-corrected chi connectivity index (χ0v) is 13.9. The van der Waals surface area contributed by atoms with Gasteiger partial charge in [-0.1, -0.05) is 13.8 Å². The molecule has 1 aromatic heterocycles. The molecule has 0 atom stereocenters. The monoisotopic (exact) mass is 287 g/mol. The Balaban J connectivity index is 2.37. The van der Waals surface area contributed by atoms with Crippen molar-refractivity contribution in [1.82, 2.24) is 4.90 Å². The Hall–Kier alpha value is -1.77. The first kappa shape index (κ1) is 15.6. The molecule has 2 rings (SSSR count). The third-order valence-corrected chi connectivity index (χ3v) is 4.17. The normalized spacial score (nSPS) is 11.6. The number of furan rings is 1. The summed E-state index contributed by atoms with van der Waals surface area (Å²) in [6.45, 7) is 10.5. The van der Waals surface area contributed by atoms with Gasteiger partial charge in [-0.25, -0.2) is 0 Å². The van der Waals surface area contributed by atoms with Crippen LogP contribution in [0.3, 0.4) is 0 Å². The first-order chi connectivity index (χ1) is 9.81. The Kier molecular flexibility index (Phi) is 4.40. The van der Waals surface area contributed by atoms with Gasteiger partial charge in [-0.05, 0) is 49.9 Å². The molecule has 0 aliphatic heterocycles. The van der Waals surface area contributed by atoms with Gasteiger partial charge in [0.05, 0.1) is 12.7 Å². The van der Waals surface area contributed by atoms with E-state index in [9.17, 15) is 4.79 Å². The van der Waals surface area contributed by atoms with E-state index >= 15 is 0 Å². The maximum absolute atomic E-state index is 12.3. The van der Waals surface area contributed by atoms with Crippen LogP contribution < -0.4 is 0 Å². The fraction of sp³-hybridized carbons (Fsp3) is 0.500. The van der Waals surface area contributed by atoms with Crippen LogP contribution in [-0.4, -0.2) is 23.9 Å². The molecule has 0 fully saturated rings. The molecule has 114 valence electrons. The highest BCUT2D eigenvalue weighted by Crippen LogP contribution is 2.29. The second-order valence-corrected chi connectivity index (χ2v) is 6.40. The summed E-state index contributed by atoms with van der Waals surface area (Å²) in [6, 6.07) is 4.46. The molecule has 0 spiro atoms. The van der Waals surface area contributed by atoms with Crippen molar-refractivity contribution in [2.24, 2.45) is 0 Å². The smallest absolute Gasteiger partial charge is 0.227 e. The fourth-order valence-corrected chi connectivity index (χ4v) is 2.58. The lowest BCUT2D eigenvalue weighted by atomic mass is 9.95. The summed E-state index contributed by atoms with van der Waals surface area (Å²) in [5.41, 5.74) is 4.40. The van der Waals surface area contributed by atoms with Gasteiger partial charge in [0.25, 0.3) is 0 Å². The zero-order chi connectivity index (χ0) is 15.7. The number of nitrogens with zero attached hydrogens (tertiary/aromatic N) is 1. The molecule has 3 heteroatoms. The topological polar surface area (TPSA) is 33.5 Å². The van der Waals surface area contributed by atoms with Crippen molar-refractivity contribution in [1.29, 1.82) is 0 Å². The lowest BCUT2D eigenvalue weighted by Crippen LogP contribution is -2.34. The molecule has 0 N–H and O–H groups in total. The van der Waals surface area contributed by atoms with Crippen molar-refractivity contribution in [3.63, 3.8) is 0 Å². The molecule has 3 nitrogen and oxygen atoms in total. The van der Waals surface area contributed by atoms with Crippen LogP contribution in [0.4, 0.5) is 0 Å². The van der Waals surface area contributed by atoms with E-state index in [4.69, 9.17) is 4.42 Å². The number of likely N-dealkylation sites (N-methyl/N-ethyl adjacent to an activating group) is 1. The van der Waals surface area contributed by atoms with Gasteiger partial charge in [-0.15, -0.1) is 0 Å². The van der Waals surface area contributed by atoms with Gasteiger partial charge in [0.2, 0.25) is 5.91 Å². The van der Waals surface area contributed by atoms with Gasteiger partial charge in [-0.2, -0.15) is 0 Å². The van der Waals surface area contributed by atoms with E-state index in [1.165, 1.54) is 11.1 Å². The first-order valence-corrected chi connectivity index (χ1v) is 7.57. The number of hydrogen-bond donors (Lipinski definition) is 0. The van der Waals surface area contributed by atoms with Crippen molar-refractivity contribution in [3.05, 3.63) is 35.1 Å². The van der Waals surface area contributed by atoms with Crippen LogP contribution in [0.15, 0.2) is 22.8 Å². The van der Waals surface area contributed by atoms with Crippen LogP contribution >= 0.6 is 0 Å². The van der Waals surface area contributed by atoms with E-state index in [0.29, 0.717) is 12.3 Å². The lowest BCUT2D eigenvalue weighted by Gasteiger charge is -2.21. The van der Waals surface area contributed by atoms with Crippen LogP contribution in [0, 0.1) is 6.92 Å². The zero-order valence-electron chi connectivity index (χ0n) is 13.9. The number of benzene rings is 1. The Bertz CT molecular complexity index is 653. The number of rotatable bonds is 4. The molecular weight excluding hydrogens is 262 g/mol. The van der Waals surface area contributed by atoms with E-state index in [2.05, 4.69) is 32.9 Å². The Morgan fingerprint density at radius 2 is 1.90 bits per heavy atom.